The lowest BCUT2D eigenvalue weighted by atomic mass is 9.79. The molecule has 1 N–H and O–H groups in total. The summed E-state index contributed by atoms with van der Waals surface area (Å²) >= 11 is 0. The van der Waals surface area contributed by atoms with Crippen LogP contribution in [0.4, 0.5) is 0 Å². The summed E-state index contributed by atoms with van der Waals surface area (Å²) < 4.78 is 0. The van der Waals surface area contributed by atoms with Crippen LogP contribution in [0.25, 0.3) is 0 Å². The molecule has 2 rings (SSSR count). The third kappa shape index (κ3) is 3.07. The number of hydrogen-bond acceptors (Lipinski definition) is 1. The Balaban J connectivity index is 1.69. The van der Waals surface area contributed by atoms with Crippen LogP contribution in [0.2, 0.25) is 0 Å². The summed E-state index contributed by atoms with van der Waals surface area (Å²) in [6, 6.07) is 1.57. The van der Waals surface area contributed by atoms with Crippen molar-refractivity contribution in [2.75, 3.05) is 0 Å². The fourth-order valence-electron chi connectivity index (χ4n) is 3.04. The van der Waals surface area contributed by atoms with Gasteiger partial charge in [0.05, 0.1) is 0 Å². The van der Waals surface area contributed by atoms with E-state index in [9.17, 15) is 0 Å². The molecule has 1 saturated carbocycles. The molecule has 2 aliphatic rings. The minimum Gasteiger partial charge on any atom is -0.311 e. The minimum atomic E-state index is 0.755. The molecule has 1 nitrogen and oxygen atoms in total. The van der Waals surface area contributed by atoms with Crippen molar-refractivity contribution in [3.05, 3.63) is 12.2 Å². The molecule has 0 aromatic rings. The first-order valence-corrected chi connectivity index (χ1v) is 6.66. The second-order valence-corrected chi connectivity index (χ2v) is 5.66. The average molecular weight is 207 g/mol. The van der Waals surface area contributed by atoms with Gasteiger partial charge in [-0.2, -0.15) is 0 Å². The highest BCUT2D eigenvalue weighted by molar-refractivity contribution is 4.98. The van der Waals surface area contributed by atoms with Crippen molar-refractivity contribution in [2.45, 2.75) is 64.5 Å². The van der Waals surface area contributed by atoms with Crippen LogP contribution in [0.1, 0.15) is 52.4 Å². The lowest BCUT2D eigenvalue weighted by Gasteiger charge is -2.33. The lowest BCUT2D eigenvalue weighted by molar-refractivity contribution is 0.229. The maximum Gasteiger partial charge on any atom is 0.0139 e. The Kier molecular flexibility index (Phi) is 3.85. The second-order valence-electron chi connectivity index (χ2n) is 5.66. The highest BCUT2D eigenvalue weighted by Crippen LogP contribution is 2.30. The molecule has 15 heavy (non-hydrogen) atoms. The standard InChI is InChI=1S/C14H25N/c1-11(2)12-7-9-14(10-8-12)15-13-5-3-4-6-13/h3-4,11-15H,5-10H2,1-2H3. The topological polar surface area (TPSA) is 12.0 Å². The van der Waals surface area contributed by atoms with E-state index in [1.165, 1.54) is 38.5 Å². The molecule has 0 heterocycles. The SMILES string of the molecule is CC(C)C1CCC(NC2CC=CC2)CC1. The highest BCUT2D eigenvalue weighted by Gasteiger charge is 2.24. The van der Waals surface area contributed by atoms with Gasteiger partial charge in [0.2, 0.25) is 0 Å². The first kappa shape index (κ1) is 11.2. The van der Waals surface area contributed by atoms with Gasteiger partial charge in [-0.15, -0.1) is 0 Å². The lowest BCUT2D eigenvalue weighted by Crippen LogP contribution is -2.39. The zero-order chi connectivity index (χ0) is 10.7. The molecule has 1 heteroatoms. The molecular formula is C14H25N. The van der Waals surface area contributed by atoms with Gasteiger partial charge < -0.3 is 5.32 Å². The van der Waals surface area contributed by atoms with Crippen LogP contribution in [0, 0.1) is 11.8 Å². The van der Waals surface area contributed by atoms with Gasteiger partial charge in [0.1, 0.15) is 0 Å². The van der Waals surface area contributed by atoms with Gasteiger partial charge in [-0.05, 0) is 50.4 Å². The van der Waals surface area contributed by atoms with Crippen LogP contribution >= 0.6 is 0 Å². The van der Waals surface area contributed by atoms with E-state index in [-0.39, 0.29) is 0 Å². The van der Waals surface area contributed by atoms with Crippen molar-refractivity contribution in [3.63, 3.8) is 0 Å². The molecule has 0 amide bonds. The van der Waals surface area contributed by atoms with E-state index in [1.807, 2.05) is 0 Å². The molecule has 0 aromatic carbocycles. The summed E-state index contributed by atoms with van der Waals surface area (Å²) in [7, 11) is 0. The van der Waals surface area contributed by atoms with Crippen LogP contribution < -0.4 is 5.32 Å². The molecule has 0 spiro atoms. The van der Waals surface area contributed by atoms with Crippen molar-refractivity contribution in [1.29, 1.82) is 0 Å². The predicted molar refractivity (Wildman–Crippen MR) is 65.9 cm³/mol. The molecule has 1 fully saturated rings. The van der Waals surface area contributed by atoms with Gasteiger partial charge in [-0.1, -0.05) is 26.0 Å². The highest BCUT2D eigenvalue weighted by atomic mass is 15.0. The van der Waals surface area contributed by atoms with Crippen LogP contribution in [-0.2, 0) is 0 Å². The third-order valence-electron chi connectivity index (χ3n) is 4.19. The van der Waals surface area contributed by atoms with Gasteiger partial charge in [0.25, 0.3) is 0 Å². The zero-order valence-corrected chi connectivity index (χ0v) is 10.2. The fraction of sp³-hybridized carbons (Fsp3) is 0.857. The molecular weight excluding hydrogens is 182 g/mol. The largest absolute Gasteiger partial charge is 0.311 e. The van der Waals surface area contributed by atoms with E-state index in [0.29, 0.717) is 0 Å². The zero-order valence-electron chi connectivity index (χ0n) is 10.2. The number of nitrogens with one attached hydrogen (secondary N) is 1. The van der Waals surface area contributed by atoms with Crippen molar-refractivity contribution in [1.82, 2.24) is 5.32 Å². The average Bonchev–Trinajstić information content (AvgIpc) is 2.71. The van der Waals surface area contributed by atoms with Crippen LogP contribution in [-0.4, -0.2) is 12.1 Å². The van der Waals surface area contributed by atoms with Crippen LogP contribution in [0.15, 0.2) is 12.2 Å². The Morgan fingerprint density at radius 3 is 2.07 bits per heavy atom. The maximum atomic E-state index is 3.81. The van der Waals surface area contributed by atoms with E-state index in [2.05, 4.69) is 31.3 Å². The maximum absolute atomic E-state index is 3.81. The van der Waals surface area contributed by atoms with Crippen molar-refractivity contribution < 1.29 is 0 Å². The third-order valence-corrected chi connectivity index (χ3v) is 4.19. The first-order chi connectivity index (χ1) is 7.25. The van der Waals surface area contributed by atoms with E-state index >= 15 is 0 Å². The van der Waals surface area contributed by atoms with E-state index in [1.54, 1.807) is 0 Å². The molecule has 86 valence electrons. The van der Waals surface area contributed by atoms with Gasteiger partial charge >= 0.3 is 0 Å². The summed E-state index contributed by atoms with van der Waals surface area (Å²) in [6.45, 7) is 4.75. The van der Waals surface area contributed by atoms with Gasteiger partial charge in [-0.3, -0.25) is 0 Å². The van der Waals surface area contributed by atoms with Crippen molar-refractivity contribution in [3.8, 4) is 0 Å². The van der Waals surface area contributed by atoms with Gasteiger partial charge in [0.15, 0.2) is 0 Å². The van der Waals surface area contributed by atoms with Crippen LogP contribution in [0.5, 0.6) is 0 Å². The van der Waals surface area contributed by atoms with E-state index in [0.717, 1.165) is 23.9 Å². The minimum absolute atomic E-state index is 0.755. The Hall–Kier alpha value is -0.300. The fourth-order valence-corrected chi connectivity index (χ4v) is 3.04. The molecule has 0 aliphatic heterocycles. The summed E-state index contributed by atoms with van der Waals surface area (Å²) in [5.41, 5.74) is 0. The quantitative estimate of drug-likeness (QED) is 0.698. The Morgan fingerprint density at radius 1 is 0.933 bits per heavy atom. The monoisotopic (exact) mass is 207 g/mol. The predicted octanol–water partition coefficient (Wildman–Crippen LogP) is 3.51. The summed E-state index contributed by atoms with van der Waals surface area (Å²) in [5.74, 6) is 1.88. The second kappa shape index (κ2) is 5.16. The summed E-state index contributed by atoms with van der Waals surface area (Å²) in [4.78, 5) is 0. The molecule has 0 aromatic heterocycles. The normalized spacial score (nSPS) is 32.7. The molecule has 0 bridgehead atoms. The van der Waals surface area contributed by atoms with Crippen molar-refractivity contribution in [2.24, 2.45) is 11.8 Å². The van der Waals surface area contributed by atoms with E-state index in [4.69, 9.17) is 0 Å². The van der Waals surface area contributed by atoms with E-state index < -0.39 is 0 Å². The summed E-state index contributed by atoms with van der Waals surface area (Å²) in [5, 5.41) is 3.81. The Morgan fingerprint density at radius 2 is 1.53 bits per heavy atom. The molecule has 0 saturated heterocycles. The number of rotatable bonds is 3. The van der Waals surface area contributed by atoms with Crippen molar-refractivity contribution >= 4 is 0 Å². The van der Waals surface area contributed by atoms with Crippen LogP contribution in [0.3, 0.4) is 0 Å². The van der Waals surface area contributed by atoms with Gasteiger partial charge in [-0.25, -0.2) is 0 Å². The first-order valence-electron chi connectivity index (χ1n) is 6.66. The smallest absolute Gasteiger partial charge is 0.0139 e. The molecule has 0 radical (unpaired) electrons. The Bertz CT molecular complexity index is 203. The molecule has 0 atom stereocenters. The molecule has 0 unspecified atom stereocenters. The molecule has 2 aliphatic carbocycles. The Labute approximate surface area is 94.3 Å². The number of hydrogen-bond donors (Lipinski definition) is 1. The summed E-state index contributed by atoms with van der Waals surface area (Å²) in [6.07, 6.45) is 12.8. The van der Waals surface area contributed by atoms with Gasteiger partial charge in [0, 0.05) is 12.1 Å².